The SMILES string of the molecule is CC[C@@]1(O)C(=O)OCc2c1cc1n(c2=O)Cc2c-1nc1cc(F)c(C)c3c1c2[C@@H](NC(=O)CNC(=O)C(C)Nc1ccccc1C(=O)CNC(=O)CN)CC3. The number of fused-ring (bicyclic) bond motifs is 5. The van der Waals surface area contributed by atoms with Gasteiger partial charge in [-0.2, -0.15) is 0 Å². The van der Waals surface area contributed by atoms with Crippen LogP contribution >= 0.6 is 0 Å². The van der Waals surface area contributed by atoms with Crippen LogP contribution in [-0.4, -0.2) is 69.8 Å². The summed E-state index contributed by atoms with van der Waals surface area (Å²) in [5.74, 6) is -3.18. The van der Waals surface area contributed by atoms with Crippen molar-refractivity contribution in [1.29, 1.82) is 0 Å². The van der Waals surface area contributed by atoms with Gasteiger partial charge in [-0.15, -0.1) is 0 Å². The predicted octanol–water partition coefficient (Wildman–Crippen LogP) is 1.51. The molecule has 2 aromatic carbocycles. The Morgan fingerprint density at radius 2 is 1.85 bits per heavy atom. The number of nitrogens with two attached hydrogens (primary N) is 1. The Hall–Kier alpha value is -6.00. The number of nitrogens with one attached hydrogen (secondary N) is 4. The zero-order valence-electron chi connectivity index (χ0n) is 30.4. The van der Waals surface area contributed by atoms with Gasteiger partial charge in [0.2, 0.25) is 17.7 Å². The van der Waals surface area contributed by atoms with Gasteiger partial charge >= 0.3 is 5.97 Å². The Labute approximate surface area is 313 Å². The quantitative estimate of drug-likeness (QED) is 0.0838. The van der Waals surface area contributed by atoms with Crippen molar-refractivity contribution in [2.24, 2.45) is 5.73 Å². The molecule has 4 heterocycles. The Kier molecular flexibility index (Phi) is 9.73. The van der Waals surface area contributed by atoms with Crippen molar-refractivity contribution in [3.8, 4) is 11.4 Å². The molecule has 3 aliphatic rings. The molecule has 0 bridgehead atoms. The number of hydrogen-bond donors (Lipinski definition) is 6. The lowest BCUT2D eigenvalue weighted by atomic mass is 9.81. The average molecular weight is 754 g/mol. The van der Waals surface area contributed by atoms with Gasteiger partial charge in [-0.25, -0.2) is 14.2 Å². The molecule has 2 aliphatic heterocycles. The first-order chi connectivity index (χ1) is 26.3. The highest BCUT2D eigenvalue weighted by atomic mass is 19.1. The number of para-hydroxylation sites is 1. The van der Waals surface area contributed by atoms with Gasteiger partial charge in [0, 0.05) is 33.8 Å². The number of ether oxygens (including phenoxy) is 1. The van der Waals surface area contributed by atoms with Gasteiger partial charge in [0.15, 0.2) is 11.4 Å². The Balaban J connectivity index is 1.13. The molecule has 7 N–H and O–H groups in total. The highest BCUT2D eigenvalue weighted by Gasteiger charge is 2.46. The number of Topliss-reactive ketones (excluding diaryl/α,β-unsaturated/α-hetero) is 1. The van der Waals surface area contributed by atoms with E-state index >= 15 is 4.39 Å². The van der Waals surface area contributed by atoms with E-state index in [1.54, 1.807) is 51.1 Å². The molecule has 2 aromatic heterocycles. The van der Waals surface area contributed by atoms with Crippen molar-refractivity contribution >= 4 is 46.1 Å². The van der Waals surface area contributed by atoms with Crippen molar-refractivity contribution < 1.29 is 38.2 Å². The fourth-order valence-corrected chi connectivity index (χ4v) is 7.76. The Morgan fingerprint density at radius 3 is 2.60 bits per heavy atom. The van der Waals surface area contributed by atoms with Gasteiger partial charge in [-0.3, -0.25) is 24.0 Å². The number of halogens is 1. The maximum Gasteiger partial charge on any atom is 0.343 e. The molecule has 15 nitrogen and oxygen atoms in total. The molecule has 286 valence electrons. The number of carbonyl (C=O) groups excluding carboxylic acids is 5. The van der Waals surface area contributed by atoms with Crippen LogP contribution in [0.5, 0.6) is 0 Å². The van der Waals surface area contributed by atoms with Crippen LogP contribution in [0.4, 0.5) is 10.1 Å². The van der Waals surface area contributed by atoms with Crippen molar-refractivity contribution in [3.63, 3.8) is 0 Å². The summed E-state index contributed by atoms with van der Waals surface area (Å²) < 4.78 is 22.0. The van der Waals surface area contributed by atoms with Crippen molar-refractivity contribution in [3.05, 3.63) is 91.5 Å². The number of pyridine rings is 2. The largest absolute Gasteiger partial charge is 0.458 e. The number of cyclic esters (lactones) is 1. The summed E-state index contributed by atoms with van der Waals surface area (Å²) in [7, 11) is 0. The predicted molar refractivity (Wildman–Crippen MR) is 197 cm³/mol. The summed E-state index contributed by atoms with van der Waals surface area (Å²) in [4.78, 5) is 82.3. The molecule has 4 aromatic rings. The summed E-state index contributed by atoms with van der Waals surface area (Å²) >= 11 is 0. The van der Waals surface area contributed by atoms with E-state index in [0.717, 1.165) is 5.56 Å². The molecule has 0 radical (unpaired) electrons. The molecule has 1 unspecified atom stereocenters. The molecular weight excluding hydrogens is 713 g/mol. The summed E-state index contributed by atoms with van der Waals surface area (Å²) in [6.07, 6.45) is 0.808. The number of amides is 3. The van der Waals surface area contributed by atoms with Crippen molar-refractivity contribution in [1.82, 2.24) is 25.5 Å². The molecule has 3 amide bonds. The zero-order valence-corrected chi connectivity index (χ0v) is 30.4. The van der Waals surface area contributed by atoms with Crippen LogP contribution in [0.3, 0.4) is 0 Å². The van der Waals surface area contributed by atoms with E-state index in [4.69, 9.17) is 15.5 Å². The first kappa shape index (κ1) is 37.3. The smallest absolute Gasteiger partial charge is 0.343 e. The van der Waals surface area contributed by atoms with Crippen LogP contribution in [0, 0.1) is 12.7 Å². The van der Waals surface area contributed by atoms with Crippen LogP contribution in [-0.2, 0) is 49.1 Å². The van der Waals surface area contributed by atoms with Gasteiger partial charge in [-0.1, -0.05) is 19.1 Å². The van der Waals surface area contributed by atoms with Crippen molar-refractivity contribution in [2.75, 3.05) is 25.0 Å². The topological polar surface area (TPSA) is 224 Å². The van der Waals surface area contributed by atoms with E-state index in [-0.39, 0.29) is 61.7 Å². The van der Waals surface area contributed by atoms with E-state index in [1.807, 2.05) is 0 Å². The molecule has 55 heavy (non-hydrogen) atoms. The number of aryl methyl sites for hydroxylation is 1. The summed E-state index contributed by atoms with van der Waals surface area (Å²) in [6, 6.07) is 7.98. The van der Waals surface area contributed by atoms with Crippen LogP contribution in [0.1, 0.15) is 76.5 Å². The van der Waals surface area contributed by atoms with Gasteiger partial charge in [0.25, 0.3) is 5.56 Å². The van der Waals surface area contributed by atoms with E-state index in [1.165, 1.54) is 10.6 Å². The number of anilines is 1. The van der Waals surface area contributed by atoms with Gasteiger partial charge < -0.3 is 41.4 Å². The molecule has 16 heteroatoms. The first-order valence-corrected chi connectivity index (χ1v) is 18.0. The second-order valence-corrected chi connectivity index (χ2v) is 14.0. The Bertz CT molecular complexity index is 2390. The number of esters is 1. The maximum atomic E-state index is 15.3. The lowest BCUT2D eigenvalue weighted by molar-refractivity contribution is -0.172. The molecule has 0 saturated carbocycles. The summed E-state index contributed by atoms with van der Waals surface area (Å²) in [5, 5.41) is 23.1. The summed E-state index contributed by atoms with van der Waals surface area (Å²) in [5.41, 5.74) is 7.38. The number of benzene rings is 2. The monoisotopic (exact) mass is 753 g/mol. The molecule has 3 atom stereocenters. The van der Waals surface area contributed by atoms with E-state index in [2.05, 4.69) is 21.3 Å². The first-order valence-electron chi connectivity index (χ1n) is 18.0. The number of ketones is 1. The van der Waals surface area contributed by atoms with E-state index < -0.39 is 52.8 Å². The number of aromatic nitrogens is 2. The Morgan fingerprint density at radius 1 is 1.09 bits per heavy atom. The van der Waals surface area contributed by atoms with Gasteiger partial charge in [0.1, 0.15) is 18.5 Å². The summed E-state index contributed by atoms with van der Waals surface area (Å²) in [6.45, 7) is 3.75. The molecule has 0 saturated heterocycles. The third-order valence-electron chi connectivity index (χ3n) is 10.8. The van der Waals surface area contributed by atoms with Gasteiger partial charge in [0.05, 0.1) is 54.7 Å². The van der Waals surface area contributed by atoms with Gasteiger partial charge in [-0.05, 0) is 68.0 Å². The van der Waals surface area contributed by atoms with Crippen LogP contribution in [0.15, 0.2) is 41.2 Å². The fraction of sp³-hybridized carbons (Fsp3) is 0.359. The highest BCUT2D eigenvalue weighted by molar-refractivity contribution is 6.04. The van der Waals surface area contributed by atoms with Crippen LogP contribution < -0.4 is 32.6 Å². The number of nitrogens with zero attached hydrogens (tertiary/aromatic N) is 2. The maximum absolute atomic E-state index is 15.3. The van der Waals surface area contributed by atoms with E-state index in [0.29, 0.717) is 57.5 Å². The third kappa shape index (κ3) is 6.40. The molecule has 1 aliphatic carbocycles. The highest BCUT2D eigenvalue weighted by Crippen LogP contribution is 2.46. The van der Waals surface area contributed by atoms with Crippen LogP contribution in [0.25, 0.3) is 22.3 Å². The fourth-order valence-electron chi connectivity index (χ4n) is 7.76. The number of carbonyl (C=O) groups is 5. The lowest BCUT2D eigenvalue weighted by Gasteiger charge is -2.31. The third-order valence-corrected chi connectivity index (χ3v) is 10.8. The van der Waals surface area contributed by atoms with Crippen LogP contribution in [0.2, 0.25) is 0 Å². The zero-order chi connectivity index (χ0) is 39.3. The molecule has 0 spiro atoms. The van der Waals surface area contributed by atoms with Crippen molar-refractivity contribution in [2.45, 2.75) is 70.9 Å². The number of aliphatic hydroxyl groups is 1. The van der Waals surface area contributed by atoms with E-state index in [9.17, 15) is 33.9 Å². The second kappa shape index (κ2) is 14.3. The average Bonchev–Trinajstić information content (AvgIpc) is 3.55. The normalized spacial score (nSPS) is 18.4. The number of rotatable bonds is 11. The lowest BCUT2D eigenvalue weighted by Crippen LogP contribution is -2.44. The number of hydrogen-bond acceptors (Lipinski definition) is 11. The minimum atomic E-state index is -2.02. The standard InChI is InChI=1S/C39H40FN7O8/c1-4-39(54)24-11-29-35-22(16-47(29)37(52)23(24)17-55-38(39)53)34-27(10-9-20-18(2)25(40)12-28(46-35)33(20)34)45-32(50)15-43-36(51)19(3)44-26-8-6-5-7-21(26)30(48)14-42-31(49)13-41/h5-8,11-12,19,27,44,54H,4,9-10,13-17,41H2,1-3H3,(H,42,49)(H,43,51)(H,45,50)/t19?,27-,39-/m0/s1. The minimum Gasteiger partial charge on any atom is -0.458 e. The second-order valence-electron chi connectivity index (χ2n) is 14.0. The molecular formula is C39H40FN7O8. The minimum absolute atomic E-state index is 0.0260. The molecule has 0 fully saturated rings. The molecule has 7 rings (SSSR count).